The summed E-state index contributed by atoms with van der Waals surface area (Å²) < 4.78 is 31.2. The summed E-state index contributed by atoms with van der Waals surface area (Å²) in [5, 5.41) is 0. The lowest BCUT2D eigenvalue weighted by molar-refractivity contribution is -0.147. The number of carbonyl (C=O) groups excluding carboxylic acids is 3. The Morgan fingerprint density at radius 2 is 1.86 bits per heavy atom. The van der Waals surface area contributed by atoms with Gasteiger partial charge < -0.3 is 9.64 Å². The SMILES string of the molecule is C[C@H](c1ccccc1)N1C[C@H](C(=O)OCC(=O)c2ccc(F)c(F)c2)CC1=O. The van der Waals surface area contributed by atoms with Gasteiger partial charge >= 0.3 is 5.97 Å². The number of halogens is 2. The van der Waals surface area contributed by atoms with Crippen LogP contribution in [0, 0.1) is 17.6 Å². The van der Waals surface area contributed by atoms with Crippen molar-refractivity contribution in [3.05, 3.63) is 71.3 Å². The fourth-order valence-corrected chi connectivity index (χ4v) is 3.18. The monoisotopic (exact) mass is 387 g/mol. The summed E-state index contributed by atoms with van der Waals surface area (Å²) in [4.78, 5) is 38.2. The molecule has 0 unspecified atom stereocenters. The molecule has 146 valence electrons. The van der Waals surface area contributed by atoms with Crippen molar-refractivity contribution in [2.45, 2.75) is 19.4 Å². The molecule has 0 spiro atoms. The number of ether oxygens (including phenoxy) is 1. The van der Waals surface area contributed by atoms with Gasteiger partial charge in [0, 0.05) is 18.5 Å². The molecule has 1 aliphatic rings. The summed E-state index contributed by atoms with van der Waals surface area (Å²) in [5.41, 5.74) is 0.868. The number of hydrogen-bond acceptors (Lipinski definition) is 4. The highest BCUT2D eigenvalue weighted by Gasteiger charge is 2.38. The van der Waals surface area contributed by atoms with Gasteiger partial charge in [-0.05, 0) is 30.7 Å². The molecule has 5 nitrogen and oxygen atoms in total. The zero-order chi connectivity index (χ0) is 20.3. The number of ketones is 1. The molecule has 2 aromatic carbocycles. The van der Waals surface area contributed by atoms with Gasteiger partial charge in [0.1, 0.15) is 0 Å². The van der Waals surface area contributed by atoms with Crippen LogP contribution >= 0.6 is 0 Å². The summed E-state index contributed by atoms with van der Waals surface area (Å²) in [5.74, 6) is -4.35. The second-order valence-corrected chi connectivity index (χ2v) is 6.69. The van der Waals surface area contributed by atoms with Crippen molar-refractivity contribution in [3.63, 3.8) is 0 Å². The molecule has 1 saturated heterocycles. The van der Waals surface area contributed by atoms with Gasteiger partial charge in [-0.1, -0.05) is 30.3 Å². The number of likely N-dealkylation sites (tertiary alicyclic amines) is 1. The van der Waals surface area contributed by atoms with Gasteiger partial charge in [0.15, 0.2) is 24.0 Å². The molecule has 28 heavy (non-hydrogen) atoms. The molecule has 0 aliphatic carbocycles. The third-order valence-corrected chi connectivity index (χ3v) is 4.83. The predicted octanol–water partition coefficient (Wildman–Crippen LogP) is 3.30. The summed E-state index contributed by atoms with van der Waals surface area (Å²) >= 11 is 0. The minimum absolute atomic E-state index is 0.00930. The number of esters is 1. The highest BCUT2D eigenvalue weighted by Crippen LogP contribution is 2.29. The molecule has 7 heteroatoms. The summed E-state index contributed by atoms with van der Waals surface area (Å²) in [6, 6.07) is 12.0. The molecule has 2 aromatic rings. The number of amides is 1. The Hall–Kier alpha value is -3.09. The maximum atomic E-state index is 13.2. The molecule has 0 saturated carbocycles. The smallest absolute Gasteiger partial charge is 0.311 e. The van der Waals surface area contributed by atoms with E-state index in [1.807, 2.05) is 37.3 Å². The third kappa shape index (κ3) is 4.24. The minimum Gasteiger partial charge on any atom is -0.457 e. The zero-order valence-electron chi connectivity index (χ0n) is 15.2. The van der Waals surface area contributed by atoms with Crippen molar-refractivity contribution in [2.24, 2.45) is 5.92 Å². The van der Waals surface area contributed by atoms with E-state index in [4.69, 9.17) is 4.74 Å². The first kappa shape index (κ1) is 19.7. The Morgan fingerprint density at radius 1 is 1.14 bits per heavy atom. The lowest BCUT2D eigenvalue weighted by Crippen LogP contribution is -2.30. The van der Waals surface area contributed by atoms with Gasteiger partial charge in [0.2, 0.25) is 5.91 Å². The molecule has 1 aliphatic heterocycles. The molecule has 1 amide bonds. The first-order valence-corrected chi connectivity index (χ1v) is 8.86. The Labute approximate surface area is 160 Å². The fraction of sp³-hybridized carbons (Fsp3) is 0.286. The van der Waals surface area contributed by atoms with Gasteiger partial charge in [-0.2, -0.15) is 0 Å². The van der Waals surface area contributed by atoms with E-state index in [2.05, 4.69) is 0 Å². The van der Waals surface area contributed by atoms with Gasteiger partial charge in [-0.15, -0.1) is 0 Å². The van der Waals surface area contributed by atoms with Crippen molar-refractivity contribution >= 4 is 17.7 Å². The molecule has 3 rings (SSSR count). The van der Waals surface area contributed by atoms with E-state index in [1.54, 1.807) is 4.90 Å². The van der Waals surface area contributed by atoms with Gasteiger partial charge in [0.25, 0.3) is 0 Å². The van der Waals surface area contributed by atoms with E-state index < -0.39 is 35.9 Å². The molecule has 1 heterocycles. The molecular weight excluding hydrogens is 368 g/mol. The van der Waals surface area contributed by atoms with Crippen molar-refractivity contribution in [1.82, 2.24) is 4.90 Å². The normalized spacial score (nSPS) is 17.5. The van der Waals surface area contributed by atoms with Crippen LogP contribution in [0.4, 0.5) is 8.78 Å². The average Bonchev–Trinajstić information content (AvgIpc) is 3.09. The first-order valence-electron chi connectivity index (χ1n) is 8.86. The van der Waals surface area contributed by atoms with Crippen LogP contribution in [0.2, 0.25) is 0 Å². The van der Waals surface area contributed by atoms with Crippen LogP contribution in [0.5, 0.6) is 0 Å². The van der Waals surface area contributed by atoms with Gasteiger partial charge in [-0.25, -0.2) is 8.78 Å². The summed E-state index contributed by atoms with van der Waals surface area (Å²) in [7, 11) is 0. The van der Waals surface area contributed by atoms with Crippen LogP contribution in [0.3, 0.4) is 0 Å². The number of nitrogens with zero attached hydrogens (tertiary/aromatic N) is 1. The van der Waals surface area contributed by atoms with Crippen molar-refractivity contribution in [2.75, 3.05) is 13.2 Å². The van der Waals surface area contributed by atoms with Crippen LogP contribution in [0.25, 0.3) is 0 Å². The van der Waals surface area contributed by atoms with E-state index in [9.17, 15) is 23.2 Å². The van der Waals surface area contributed by atoms with Crippen LogP contribution < -0.4 is 0 Å². The quantitative estimate of drug-likeness (QED) is 0.564. The molecule has 1 fully saturated rings. The number of hydrogen-bond donors (Lipinski definition) is 0. The van der Waals surface area contributed by atoms with Crippen LogP contribution in [0.15, 0.2) is 48.5 Å². The largest absolute Gasteiger partial charge is 0.457 e. The second kappa shape index (κ2) is 8.29. The van der Waals surface area contributed by atoms with Crippen LogP contribution in [-0.4, -0.2) is 35.7 Å². The molecule has 0 bridgehead atoms. The summed E-state index contributed by atoms with van der Waals surface area (Å²) in [6.07, 6.45) is 0.00930. The maximum Gasteiger partial charge on any atom is 0.311 e. The molecule has 0 N–H and O–H groups in total. The zero-order valence-corrected chi connectivity index (χ0v) is 15.2. The highest BCUT2D eigenvalue weighted by atomic mass is 19.2. The number of rotatable bonds is 6. The van der Waals surface area contributed by atoms with E-state index in [-0.39, 0.29) is 30.5 Å². The Kier molecular flexibility index (Phi) is 5.82. The molecule has 0 radical (unpaired) electrons. The predicted molar refractivity (Wildman–Crippen MR) is 96.3 cm³/mol. The minimum atomic E-state index is -1.15. The van der Waals surface area contributed by atoms with E-state index in [0.29, 0.717) is 0 Å². The topological polar surface area (TPSA) is 63.7 Å². The van der Waals surface area contributed by atoms with E-state index in [0.717, 1.165) is 23.8 Å². The van der Waals surface area contributed by atoms with Crippen molar-refractivity contribution in [3.8, 4) is 0 Å². The van der Waals surface area contributed by atoms with Gasteiger partial charge in [-0.3, -0.25) is 14.4 Å². The lowest BCUT2D eigenvalue weighted by atomic mass is 10.1. The Balaban J connectivity index is 1.57. The highest BCUT2D eigenvalue weighted by molar-refractivity contribution is 5.98. The van der Waals surface area contributed by atoms with Crippen LogP contribution in [-0.2, 0) is 14.3 Å². The third-order valence-electron chi connectivity index (χ3n) is 4.83. The summed E-state index contributed by atoms with van der Waals surface area (Å²) in [6.45, 7) is 1.49. The van der Waals surface area contributed by atoms with Crippen LogP contribution in [0.1, 0.15) is 35.3 Å². The Morgan fingerprint density at radius 3 is 2.54 bits per heavy atom. The van der Waals surface area contributed by atoms with Crippen molar-refractivity contribution in [1.29, 1.82) is 0 Å². The lowest BCUT2D eigenvalue weighted by Gasteiger charge is -2.25. The average molecular weight is 387 g/mol. The molecular formula is C21H19F2NO4. The van der Waals surface area contributed by atoms with E-state index in [1.165, 1.54) is 0 Å². The molecule has 0 aromatic heterocycles. The van der Waals surface area contributed by atoms with Gasteiger partial charge in [0.05, 0.1) is 12.0 Å². The number of carbonyl (C=O) groups is 3. The first-order chi connectivity index (χ1) is 13.4. The van der Waals surface area contributed by atoms with E-state index >= 15 is 0 Å². The maximum absolute atomic E-state index is 13.2. The Bertz CT molecular complexity index is 901. The van der Waals surface area contributed by atoms with Crippen molar-refractivity contribution < 1.29 is 27.9 Å². The number of benzene rings is 2. The second-order valence-electron chi connectivity index (χ2n) is 6.69. The fourth-order valence-electron chi connectivity index (χ4n) is 3.18. The number of Topliss-reactive ketones (excluding diaryl/α,β-unsaturated/α-hetero) is 1. The standard InChI is InChI=1S/C21H19F2NO4/c1-13(14-5-3-2-4-6-14)24-11-16(10-20(24)26)21(27)28-12-19(25)15-7-8-17(22)18(23)9-15/h2-9,13,16H,10-12H2,1H3/t13-,16-/m1/s1. The molecule has 2 atom stereocenters.